The van der Waals surface area contributed by atoms with Gasteiger partial charge in [0.25, 0.3) is 0 Å². The number of imidazole rings is 1. The van der Waals surface area contributed by atoms with Gasteiger partial charge in [-0.1, -0.05) is 29.8 Å². The zero-order valence-corrected chi connectivity index (χ0v) is 18.4. The normalized spacial score (nSPS) is 16.6. The first-order valence-corrected chi connectivity index (χ1v) is 11.0. The first-order valence-electron chi connectivity index (χ1n) is 10.6. The smallest absolute Gasteiger partial charge is 0.306 e. The summed E-state index contributed by atoms with van der Waals surface area (Å²) in [5.41, 5.74) is 3.16. The zero-order chi connectivity index (χ0) is 21.4. The fraction of sp³-hybridized carbons (Fsp3) is 0.348. The Morgan fingerprint density at radius 1 is 1.16 bits per heavy atom. The average molecular weight is 437 g/mol. The second-order valence-electron chi connectivity index (χ2n) is 8.18. The number of likely N-dealkylation sites (tertiary alicyclic amines) is 1. The van der Waals surface area contributed by atoms with Gasteiger partial charge in [-0.25, -0.2) is 9.97 Å². The van der Waals surface area contributed by atoms with Crippen LogP contribution in [0.4, 0.5) is 5.95 Å². The summed E-state index contributed by atoms with van der Waals surface area (Å²) >= 11 is 6.48. The van der Waals surface area contributed by atoms with Gasteiger partial charge >= 0.3 is 5.84 Å². The molecular weight excluding hydrogens is 412 g/mol. The molecule has 4 aromatic rings. The van der Waals surface area contributed by atoms with Gasteiger partial charge in [-0.05, 0) is 58.0 Å². The molecule has 1 aliphatic heterocycles. The number of nitrogens with zero attached hydrogens (tertiary/aromatic N) is 5. The highest BCUT2D eigenvalue weighted by Crippen LogP contribution is 2.36. The summed E-state index contributed by atoms with van der Waals surface area (Å²) in [6.45, 7) is 4.48. The largest absolute Gasteiger partial charge is 0.432 e. The van der Waals surface area contributed by atoms with Crippen LogP contribution in [-0.4, -0.2) is 50.4 Å². The Hall–Kier alpha value is -2.90. The molecule has 0 aliphatic carbocycles. The summed E-state index contributed by atoms with van der Waals surface area (Å²) in [6, 6.07) is 9.85. The minimum atomic E-state index is 0.298. The fourth-order valence-corrected chi connectivity index (χ4v) is 4.51. The van der Waals surface area contributed by atoms with E-state index in [1.165, 1.54) is 12.8 Å². The van der Waals surface area contributed by atoms with Crippen molar-refractivity contribution in [1.82, 2.24) is 24.3 Å². The maximum Gasteiger partial charge on any atom is 0.306 e. The molecule has 1 saturated heterocycles. The maximum atomic E-state index is 6.48. The summed E-state index contributed by atoms with van der Waals surface area (Å²) in [6.07, 6.45) is 7.60. The summed E-state index contributed by atoms with van der Waals surface area (Å²) in [5.74, 6) is 1.72. The monoisotopic (exact) mass is 436 g/mol. The second-order valence-corrected chi connectivity index (χ2v) is 8.59. The van der Waals surface area contributed by atoms with Crippen LogP contribution in [0.2, 0.25) is 5.02 Å². The van der Waals surface area contributed by atoms with Crippen molar-refractivity contribution in [1.29, 1.82) is 0 Å². The quantitative estimate of drug-likeness (QED) is 0.482. The summed E-state index contributed by atoms with van der Waals surface area (Å²) < 4.78 is 7.44. The van der Waals surface area contributed by atoms with Crippen molar-refractivity contribution >= 4 is 23.4 Å². The van der Waals surface area contributed by atoms with Crippen molar-refractivity contribution in [2.24, 2.45) is 5.92 Å². The average Bonchev–Trinajstić information content (AvgIpc) is 3.36. The summed E-state index contributed by atoms with van der Waals surface area (Å²) in [5, 5.41) is 4.15. The van der Waals surface area contributed by atoms with Crippen LogP contribution in [0.25, 0.3) is 28.5 Å². The third-order valence-corrected chi connectivity index (χ3v) is 6.45. The Morgan fingerprint density at radius 3 is 2.77 bits per heavy atom. The minimum absolute atomic E-state index is 0.298. The number of fused-ring (bicyclic) bond motifs is 1. The molecule has 160 valence electrons. The highest BCUT2D eigenvalue weighted by Gasteiger charge is 2.24. The van der Waals surface area contributed by atoms with Gasteiger partial charge in [0.2, 0.25) is 5.95 Å². The van der Waals surface area contributed by atoms with Crippen molar-refractivity contribution in [2.75, 3.05) is 25.5 Å². The van der Waals surface area contributed by atoms with Crippen molar-refractivity contribution in [3.63, 3.8) is 0 Å². The highest BCUT2D eigenvalue weighted by molar-refractivity contribution is 6.33. The third-order valence-electron chi connectivity index (χ3n) is 6.12. The van der Waals surface area contributed by atoms with Crippen LogP contribution >= 0.6 is 11.6 Å². The van der Waals surface area contributed by atoms with Crippen LogP contribution in [0.1, 0.15) is 19.8 Å². The number of hydrogen-bond donors (Lipinski definition) is 1. The van der Waals surface area contributed by atoms with Crippen LogP contribution in [-0.2, 0) is 0 Å². The van der Waals surface area contributed by atoms with E-state index in [-0.39, 0.29) is 0 Å². The van der Waals surface area contributed by atoms with E-state index in [4.69, 9.17) is 21.0 Å². The minimum Gasteiger partial charge on any atom is -0.432 e. The van der Waals surface area contributed by atoms with Crippen LogP contribution in [0.3, 0.4) is 0 Å². The SMILES string of the molecule is C[C@H](Nc1nccc(-c2c(-c3ccccc3Cl)nc3occn23)n1)C1CCN(C)CC1. The molecule has 0 radical (unpaired) electrons. The van der Waals surface area contributed by atoms with E-state index in [1.807, 2.05) is 40.9 Å². The van der Waals surface area contributed by atoms with Crippen molar-refractivity contribution in [3.05, 3.63) is 54.0 Å². The molecule has 7 nitrogen and oxygen atoms in total. The molecule has 1 atom stereocenters. The fourth-order valence-electron chi connectivity index (χ4n) is 4.28. The standard InChI is InChI=1S/C23H25ClN6O/c1-15(16-8-11-29(2)12-9-16)26-22-25-10-7-19(27-22)21-20(17-5-3-4-6-18(17)24)28-23-30(21)13-14-31-23/h3-7,10,13-16H,8-9,11-12H2,1-2H3,(H,25,26,27)/t15-/m0/s1. The Morgan fingerprint density at radius 2 is 1.97 bits per heavy atom. The van der Waals surface area contributed by atoms with Crippen LogP contribution in [0.15, 0.2) is 53.4 Å². The van der Waals surface area contributed by atoms with Crippen molar-refractivity contribution in [3.8, 4) is 22.6 Å². The lowest BCUT2D eigenvalue weighted by molar-refractivity contribution is 0.208. The second kappa shape index (κ2) is 8.32. The molecular formula is C23H25ClN6O. The first-order chi connectivity index (χ1) is 15.1. The molecule has 0 amide bonds. The Bertz CT molecular complexity index is 1190. The highest BCUT2D eigenvalue weighted by atomic mass is 35.5. The van der Waals surface area contributed by atoms with Gasteiger partial charge in [0.1, 0.15) is 17.7 Å². The lowest BCUT2D eigenvalue weighted by Gasteiger charge is -2.33. The maximum absolute atomic E-state index is 6.48. The molecule has 0 spiro atoms. The molecule has 4 heterocycles. The molecule has 0 saturated carbocycles. The van der Waals surface area contributed by atoms with Gasteiger partial charge in [0.05, 0.1) is 10.7 Å². The van der Waals surface area contributed by atoms with Gasteiger partial charge in [-0.2, -0.15) is 4.98 Å². The number of aromatic nitrogens is 4. The van der Waals surface area contributed by atoms with Crippen LogP contribution in [0, 0.1) is 5.92 Å². The zero-order valence-electron chi connectivity index (χ0n) is 17.6. The van der Waals surface area contributed by atoms with Gasteiger partial charge in [0.15, 0.2) is 0 Å². The van der Waals surface area contributed by atoms with E-state index >= 15 is 0 Å². The number of piperidine rings is 1. The van der Waals surface area contributed by atoms with E-state index in [1.54, 1.807) is 12.5 Å². The molecule has 3 aromatic heterocycles. The van der Waals surface area contributed by atoms with Gasteiger partial charge in [-0.15, -0.1) is 0 Å². The molecule has 8 heteroatoms. The van der Waals surface area contributed by atoms with E-state index < -0.39 is 0 Å². The van der Waals surface area contributed by atoms with Crippen LogP contribution < -0.4 is 5.32 Å². The lowest BCUT2D eigenvalue weighted by Crippen LogP contribution is -2.37. The van der Waals surface area contributed by atoms with Crippen molar-refractivity contribution in [2.45, 2.75) is 25.8 Å². The lowest BCUT2D eigenvalue weighted by atomic mass is 9.91. The number of rotatable bonds is 5. The number of nitrogens with one attached hydrogen (secondary N) is 1. The molecule has 1 N–H and O–H groups in total. The molecule has 0 unspecified atom stereocenters. The third kappa shape index (κ3) is 3.91. The number of oxazole rings is 1. The predicted octanol–water partition coefficient (Wildman–Crippen LogP) is 4.85. The van der Waals surface area contributed by atoms with Gasteiger partial charge in [-0.3, -0.25) is 4.40 Å². The summed E-state index contributed by atoms with van der Waals surface area (Å²) in [4.78, 5) is 16.4. The van der Waals surface area contributed by atoms with Gasteiger partial charge in [0, 0.05) is 24.0 Å². The molecule has 1 fully saturated rings. The molecule has 1 aliphatic rings. The Kier molecular flexibility index (Phi) is 5.38. The first kappa shape index (κ1) is 20.0. The van der Waals surface area contributed by atoms with E-state index in [0.717, 1.165) is 35.7 Å². The molecule has 5 rings (SSSR count). The molecule has 31 heavy (non-hydrogen) atoms. The van der Waals surface area contributed by atoms with Crippen molar-refractivity contribution < 1.29 is 4.42 Å². The Labute approximate surface area is 186 Å². The topological polar surface area (TPSA) is 71.5 Å². The molecule has 1 aromatic carbocycles. The van der Waals surface area contributed by atoms with E-state index in [2.05, 4.69) is 34.2 Å². The van der Waals surface area contributed by atoms with Gasteiger partial charge < -0.3 is 14.6 Å². The number of anilines is 1. The van der Waals surface area contributed by atoms with Crippen LogP contribution in [0.5, 0.6) is 0 Å². The van der Waals surface area contributed by atoms with E-state index in [9.17, 15) is 0 Å². The summed E-state index contributed by atoms with van der Waals surface area (Å²) in [7, 11) is 2.18. The predicted molar refractivity (Wildman–Crippen MR) is 122 cm³/mol. The number of benzene rings is 1. The number of halogens is 1. The van der Waals surface area contributed by atoms with E-state index in [0.29, 0.717) is 28.8 Å². The molecule has 0 bridgehead atoms. The number of hydrogen-bond acceptors (Lipinski definition) is 6. The Balaban J connectivity index is 1.49.